The molecule has 5 nitrogen and oxygen atoms in total. The smallest absolute Gasteiger partial charge is 0.316 e. The molecule has 3 rings (SSSR count). The maximum atomic E-state index is 13.0. The Labute approximate surface area is 218 Å². The third kappa shape index (κ3) is 6.33. The summed E-state index contributed by atoms with van der Waals surface area (Å²) in [7, 11) is 1.43. The Hall–Kier alpha value is -2.30. The van der Waals surface area contributed by atoms with Crippen LogP contribution >= 0.6 is 0 Å². The minimum Gasteiger partial charge on any atom is -0.487 e. The highest BCUT2D eigenvalue weighted by Gasteiger charge is 2.46. The number of benzene rings is 1. The lowest BCUT2D eigenvalue weighted by Gasteiger charge is -2.47. The number of unbranched alkanes of at least 4 members (excludes halogenated alkanes) is 2. The number of carbonyl (C=O) groups is 2. The van der Waals surface area contributed by atoms with Gasteiger partial charge in [-0.3, -0.25) is 9.59 Å². The van der Waals surface area contributed by atoms with E-state index in [0.717, 1.165) is 55.4 Å². The van der Waals surface area contributed by atoms with E-state index >= 15 is 0 Å². The number of methoxy groups -OCH3 is 1. The van der Waals surface area contributed by atoms with Gasteiger partial charge in [0, 0.05) is 23.8 Å². The molecule has 0 fully saturated rings. The van der Waals surface area contributed by atoms with E-state index in [4.69, 9.17) is 14.2 Å². The van der Waals surface area contributed by atoms with Crippen LogP contribution in [0.5, 0.6) is 11.5 Å². The van der Waals surface area contributed by atoms with E-state index in [0.29, 0.717) is 18.1 Å². The Kier molecular flexibility index (Phi) is 8.32. The zero-order valence-electron chi connectivity index (χ0n) is 23.9. The van der Waals surface area contributed by atoms with Crippen molar-refractivity contribution in [3.63, 3.8) is 0 Å². The highest BCUT2D eigenvalue weighted by Crippen LogP contribution is 2.55. The van der Waals surface area contributed by atoms with Crippen LogP contribution in [0.25, 0.3) is 0 Å². The topological polar surface area (TPSA) is 61.8 Å². The minimum absolute atomic E-state index is 0.143. The molecule has 0 spiro atoms. The summed E-state index contributed by atoms with van der Waals surface area (Å²) in [5, 5.41) is 0. The van der Waals surface area contributed by atoms with Gasteiger partial charge in [0.1, 0.15) is 17.1 Å². The fourth-order valence-corrected chi connectivity index (χ4v) is 5.53. The first-order valence-corrected chi connectivity index (χ1v) is 13.5. The first kappa shape index (κ1) is 28.3. The first-order valence-electron chi connectivity index (χ1n) is 13.5. The maximum absolute atomic E-state index is 13.0. The number of rotatable bonds is 8. The summed E-state index contributed by atoms with van der Waals surface area (Å²) in [5.41, 5.74) is 2.48. The van der Waals surface area contributed by atoms with Gasteiger partial charge in [-0.2, -0.15) is 0 Å². The predicted molar refractivity (Wildman–Crippen MR) is 144 cm³/mol. The summed E-state index contributed by atoms with van der Waals surface area (Å²) < 4.78 is 17.6. The summed E-state index contributed by atoms with van der Waals surface area (Å²) >= 11 is 0. The molecule has 0 radical (unpaired) electrons. The maximum Gasteiger partial charge on any atom is 0.316 e. The Morgan fingerprint density at radius 2 is 1.78 bits per heavy atom. The molecule has 0 unspecified atom stereocenters. The average molecular weight is 499 g/mol. The van der Waals surface area contributed by atoms with Gasteiger partial charge >= 0.3 is 11.9 Å². The molecule has 0 saturated heterocycles. The van der Waals surface area contributed by atoms with Crippen LogP contribution in [-0.2, 0) is 19.7 Å². The second-order valence-electron chi connectivity index (χ2n) is 13.0. The molecule has 0 bridgehead atoms. The number of carbonyl (C=O) groups excluding carboxylic acids is 2. The summed E-state index contributed by atoms with van der Waals surface area (Å²) in [5.74, 6) is 1.71. The van der Waals surface area contributed by atoms with Gasteiger partial charge in [0.2, 0.25) is 0 Å². The summed E-state index contributed by atoms with van der Waals surface area (Å²) in [6.45, 7) is 16.7. The quantitative estimate of drug-likeness (QED) is 0.159. The van der Waals surface area contributed by atoms with Crippen molar-refractivity contribution in [2.24, 2.45) is 11.3 Å². The SMILES string of the molecule is COC(=O)CCCCCC(C)(C)c1cc(OC(=O)C(C)(C)C)c2c(c1)OC(C)(C)[C@@H]1CC=C(C)C[C@@H]21. The van der Waals surface area contributed by atoms with Gasteiger partial charge in [0.05, 0.1) is 12.5 Å². The monoisotopic (exact) mass is 498 g/mol. The van der Waals surface area contributed by atoms with Crippen molar-refractivity contribution in [2.45, 2.75) is 117 Å². The van der Waals surface area contributed by atoms with Gasteiger partial charge in [-0.05, 0) is 90.3 Å². The van der Waals surface area contributed by atoms with Crippen LogP contribution in [0.2, 0.25) is 0 Å². The van der Waals surface area contributed by atoms with Crippen LogP contribution < -0.4 is 9.47 Å². The van der Waals surface area contributed by atoms with Crippen molar-refractivity contribution >= 4 is 11.9 Å². The number of esters is 2. The van der Waals surface area contributed by atoms with Gasteiger partial charge in [0.25, 0.3) is 0 Å². The van der Waals surface area contributed by atoms with Crippen LogP contribution in [0.15, 0.2) is 23.8 Å². The Balaban J connectivity index is 1.96. The standard InChI is InChI=1S/C31H46O5/c1-20-14-15-23-22(17-20)27-24(35-28(33)29(2,3)4)18-21(19-25(27)36-31(23,7)8)30(5,6)16-12-10-11-13-26(32)34-9/h14,18-19,22-23H,10-13,15-17H2,1-9H3/t22-,23-/m1/s1. The van der Waals surface area contributed by atoms with E-state index < -0.39 is 5.41 Å². The second-order valence-corrected chi connectivity index (χ2v) is 13.0. The summed E-state index contributed by atoms with van der Waals surface area (Å²) in [6.07, 6.45) is 8.46. The molecule has 1 heterocycles. The molecule has 0 N–H and O–H groups in total. The normalized spacial score (nSPS) is 21.0. The number of allylic oxidation sites excluding steroid dienone is 2. The molecule has 1 aromatic rings. The molecule has 0 amide bonds. The van der Waals surface area contributed by atoms with E-state index in [-0.39, 0.29) is 28.9 Å². The fourth-order valence-electron chi connectivity index (χ4n) is 5.53. The number of fused-ring (bicyclic) bond motifs is 3. The Morgan fingerprint density at radius 3 is 2.42 bits per heavy atom. The van der Waals surface area contributed by atoms with Gasteiger partial charge in [-0.25, -0.2) is 0 Å². The lowest BCUT2D eigenvalue weighted by molar-refractivity contribution is -0.143. The van der Waals surface area contributed by atoms with E-state index in [9.17, 15) is 9.59 Å². The highest BCUT2D eigenvalue weighted by atomic mass is 16.5. The van der Waals surface area contributed by atoms with Crippen LogP contribution in [0.3, 0.4) is 0 Å². The van der Waals surface area contributed by atoms with E-state index in [2.05, 4.69) is 52.8 Å². The third-order valence-electron chi connectivity index (χ3n) is 8.00. The Bertz CT molecular complexity index is 1010. The van der Waals surface area contributed by atoms with Crippen LogP contribution in [-0.4, -0.2) is 24.6 Å². The van der Waals surface area contributed by atoms with E-state index in [1.54, 1.807) is 0 Å². The molecular formula is C31H46O5. The lowest BCUT2D eigenvalue weighted by Crippen LogP contribution is -2.45. The molecule has 2 aliphatic rings. The highest BCUT2D eigenvalue weighted by molar-refractivity contribution is 5.78. The van der Waals surface area contributed by atoms with Gasteiger partial charge in [-0.15, -0.1) is 0 Å². The molecule has 200 valence electrons. The molecule has 0 aromatic heterocycles. The van der Waals surface area contributed by atoms with Crippen molar-refractivity contribution in [3.8, 4) is 11.5 Å². The largest absolute Gasteiger partial charge is 0.487 e. The molecule has 36 heavy (non-hydrogen) atoms. The second kappa shape index (κ2) is 10.6. The molecule has 0 saturated carbocycles. The lowest BCUT2D eigenvalue weighted by atomic mass is 9.66. The molecular weight excluding hydrogens is 452 g/mol. The molecule has 1 aromatic carbocycles. The zero-order valence-corrected chi connectivity index (χ0v) is 23.9. The molecule has 2 atom stereocenters. The van der Waals surface area contributed by atoms with Gasteiger partial charge in [0.15, 0.2) is 0 Å². The Morgan fingerprint density at radius 1 is 1.08 bits per heavy atom. The molecule has 1 aliphatic carbocycles. The summed E-state index contributed by atoms with van der Waals surface area (Å²) in [6, 6.07) is 4.27. The third-order valence-corrected chi connectivity index (χ3v) is 8.00. The number of ether oxygens (including phenoxy) is 3. The summed E-state index contributed by atoms with van der Waals surface area (Å²) in [4.78, 5) is 24.5. The van der Waals surface area contributed by atoms with Crippen molar-refractivity contribution in [3.05, 3.63) is 34.9 Å². The van der Waals surface area contributed by atoms with Crippen molar-refractivity contribution in [1.82, 2.24) is 0 Å². The average Bonchev–Trinajstić information content (AvgIpc) is 2.76. The minimum atomic E-state index is -0.603. The zero-order chi connectivity index (χ0) is 26.9. The van der Waals surface area contributed by atoms with Crippen molar-refractivity contribution in [2.75, 3.05) is 7.11 Å². The van der Waals surface area contributed by atoms with Crippen LogP contribution in [0.4, 0.5) is 0 Å². The van der Waals surface area contributed by atoms with Gasteiger partial charge in [-0.1, -0.05) is 38.3 Å². The molecule has 5 heteroatoms. The van der Waals surface area contributed by atoms with E-state index in [1.807, 2.05) is 20.8 Å². The number of hydrogen-bond donors (Lipinski definition) is 0. The van der Waals surface area contributed by atoms with Gasteiger partial charge < -0.3 is 14.2 Å². The molecule has 1 aliphatic heterocycles. The first-order chi connectivity index (χ1) is 16.7. The van der Waals surface area contributed by atoms with Crippen LogP contribution in [0.1, 0.15) is 117 Å². The fraction of sp³-hybridized carbons (Fsp3) is 0.677. The van der Waals surface area contributed by atoms with Crippen molar-refractivity contribution in [1.29, 1.82) is 0 Å². The van der Waals surface area contributed by atoms with Crippen molar-refractivity contribution < 1.29 is 23.8 Å². The predicted octanol–water partition coefficient (Wildman–Crippen LogP) is 7.65. The van der Waals surface area contributed by atoms with Crippen LogP contribution in [0, 0.1) is 11.3 Å². The number of hydrogen-bond acceptors (Lipinski definition) is 5. The van der Waals surface area contributed by atoms with E-state index in [1.165, 1.54) is 12.7 Å².